The number of ether oxygens (including phenoxy) is 3. The smallest absolute Gasteiger partial charge is 0.260 e. The van der Waals surface area contributed by atoms with Gasteiger partial charge in [-0.05, 0) is 30.7 Å². The monoisotopic (exact) mass is 293 g/mol. The second-order valence-corrected chi connectivity index (χ2v) is 4.96. The van der Waals surface area contributed by atoms with Crippen LogP contribution in [0.2, 0.25) is 0 Å². The number of carbonyl (C=O) groups excluding carboxylic acids is 1. The van der Waals surface area contributed by atoms with Crippen molar-refractivity contribution in [1.29, 1.82) is 0 Å². The topological polar surface area (TPSA) is 48.0 Å². The van der Waals surface area contributed by atoms with Crippen molar-refractivity contribution in [3.05, 3.63) is 24.3 Å². The van der Waals surface area contributed by atoms with Crippen molar-refractivity contribution >= 4 is 5.91 Å². The molecule has 0 atom stereocenters. The molecule has 5 nitrogen and oxygen atoms in total. The number of carbonyl (C=O) groups is 1. The molecule has 1 fully saturated rings. The fourth-order valence-corrected chi connectivity index (χ4v) is 2.02. The minimum atomic E-state index is 0.00146. The van der Waals surface area contributed by atoms with Gasteiger partial charge in [0.15, 0.2) is 6.61 Å². The Morgan fingerprint density at radius 2 is 1.76 bits per heavy atom. The van der Waals surface area contributed by atoms with Gasteiger partial charge >= 0.3 is 0 Å². The number of hydrogen-bond donors (Lipinski definition) is 0. The van der Waals surface area contributed by atoms with Crippen LogP contribution in [-0.4, -0.2) is 50.3 Å². The first kappa shape index (κ1) is 15.6. The number of morpholine rings is 1. The minimum absolute atomic E-state index is 0.00146. The van der Waals surface area contributed by atoms with Crippen molar-refractivity contribution in [3.63, 3.8) is 0 Å². The van der Waals surface area contributed by atoms with E-state index in [1.807, 2.05) is 24.3 Å². The van der Waals surface area contributed by atoms with Gasteiger partial charge in [-0.15, -0.1) is 0 Å². The van der Waals surface area contributed by atoms with Crippen LogP contribution in [0.15, 0.2) is 24.3 Å². The molecule has 0 bridgehead atoms. The average Bonchev–Trinajstić information content (AvgIpc) is 2.55. The van der Waals surface area contributed by atoms with Crippen LogP contribution < -0.4 is 9.47 Å². The van der Waals surface area contributed by atoms with Gasteiger partial charge in [0.1, 0.15) is 11.5 Å². The number of benzene rings is 1. The van der Waals surface area contributed by atoms with E-state index in [1.165, 1.54) is 0 Å². The van der Waals surface area contributed by atoms with E-state index in [0.717, 1.165) is 25.2 Å². The number of nitrogens with zero attached hydrogens (tertiary/aromatic N) is 1. The van der Waals surface area contributed by atoms with Crippen molar-refractivity contribution in [2.24, 2.45) is 0 Å². The molecule has 1 aromatic carbocycles. The lowest BCUT2D eigenvalue weighted by Gasteiger charge is -2.26. The third-order valence-corrected chi connectivity index (χ3v) is 3.32. The Balaban J connectivity index is 1.73. The van der Waals surface area contributed by atoms with Crippen molar-refractivity contribution < 1.29 is 19.0 Å². The Hall–Kier alpha value is -1.75. The maximum absolute atomic E-state index is 11.9. The van der Waals surface area contributed by atoms with Crippen molar-refractivity contribution in [3.8, 4) is 11.5 Å². The summed E-state index contributed by atoms with van der Waals surface area (Å²) >= 11 is 0. The average molecular weight is 293 g/mol. The van der Waals surface area contributed by atoms with Gasteiger partial charge in [-0.1, -0.05) is 13.3 Å². The van der Waals surface area contributed by atoms with Crippen LogP contribution in [0.4, 0.5) is 0 Å². The van der Waals surface area contributed by atoms with E-state index in [0.29, 0.717) is 32.1 Å². The number of unbranched alkanes of at least 4 members (excludes halogenated alkanes) is 1. The van der Waals surface area contributed by atoms with Gasteiger partial charge in [-0.25, -0.2) is 0 Å². The van der Waals surface area contributed by atoms with Gasteiger partial charge in [-0.3, -0.25) is 4.79 Å². The zero-order chi connectivity index (χ0) is 14.9. The van der Waals surface area contributed by atoms with E-state index < -0.39 is 0 Å². The molecule has 5 heteroatoms. The van der Waals surface area contributed by atoms with Crippen LogP contribution in [0, 0.1) is 0 Å². The lowest BCUT2D eigenvalue weighted by molar-refractivity contribution is -0.137. The molecule has 21 heavy (non-hydrogen) atoms. The first-order valence-corrected chi connectivity index (χ1v) is 7.51. The van der Waals surface area contributed by atoms with E-state index in [2.05, 4.69) is 6.92 Å². The first-order valence-electron chi connectivity index (χ1n) is 7.51. The van der Waals surface area contributed by atoms with Crippen LogP contribution in [0.1, 0.15) is 19.8 Å². The Labute approximate surface area is 125 Å². The van der Waals surface area contributed by atoms with Crippen molar-refractivity contribution in [2.45, 2.75) is 19.8 Å². The summed E-state index contributed by atoms with van der Waals surface area (Å²) in [5.74, 6) is 1.51. The Kier molecular flexibility index (Phi) is 6.34. The summed E-state index contributed by atoms with van der Waals surface area (Å²) in [6, 6.07) is 7.39. The molecule has 0 spiro atoms. The maximum Gasteiger partial charge on any atom is 0.260 e. The van der Waals surface area contributed by atoms with Crippen LogP contribution >= 0.6 is 0 Å². The molecule has 0 radical (unpaired) electrons. The summed E-state index contributed by atoms with van der Waals surface area (Å²) in [5.41, 5.74) is 0. The zero-order valence-corrected chi connectivity index (χ0v) is 12.5. The van der Waals surface area contributed by atoms with E-state index in [1.54, 1.807) is 4.90 Å². The summed E-state index contributed by atoms with van der Waals surface area (Å²) in [4.78, 5) is 13.7. The minimum Gasteiger partial charge on any atom is -0.494 e. The maximum atomic E-state index is 11.9. The Bertz CT molecular complexity index is 426. The molecule has 1 amide bonds. The van der Waals surface area contributed by atoms with Crippen molar-refractivity contribution in [2.75, 3.05) is 39.5 Å². The normalized spacial score (nSPS) is 14.8. The standard InChI is InChI=1S/C16H23NO4/c1-2-3-10-20-14-4-6-15(7-5-14)21-13-16(18)17-8-11-19-12-9-17/h4-7H,2-3,8-13H2,1H3. The highest BCUT2D eigenvalue weighted by molar-refractivity contribution is 5.77. The second-order valence-electron chi connectivity index (χ2n) is 4.96. The molecule has 1 aromatic rings. The molecular weight excluding hydrogens is 270 g/mol. The lowest BCUT2D eigenvalue weighted by Crippen LogP contribution is -2.42. The summed E-state index contributed by atoms with van der Waals surface area (Å²) < 4.78 is 16.3. The van der Waals surface area contributed by atoms with E-state index in [-0.39, 0.29) is 12.5 Å². The molecule has 0 unspecified atom stereocenters. The Morgan fingerprint density at radius 3 is 2.38 bits per heavy atom. The van der Waals surface area contributed by atoms with Gasteiger partial charge in [-0.2, -0.15) is 0 Å². The molecule has 1 heterocycles. The van der Waals surface area contributed by atoms with Gasteiger partial charge in [0.25, 0.3) is 5.91 Å². The molecular formula is C16H23NO4. The van der Waals surface area contributed by atoms with Crippen LogP contribution in [0.3, 0.4) is 0 Å². The summed E-state index contributed by atoms with van der Waals surface area (Å²) in [5, 5.41) is 0. The SMILES string of the molecule is CCCCOc1ccc(OCC(=O)N2CCOCC2)cc1. The van der Waals surface area contributed by atoms with Crippen LogP contribution in [0.25, 0.3) is 0 Å². The second kappa shape index (κ2) is 8.52. The van der Waals surface area contributed by atoms with E-state index in [4.69, 9.17) is 14.2 Å². The van der Waals surface area contributed by atoms with Gasteiger partial charge < -0.3 is 19.1 Å². The fraction of sp³-hybridized carbons (Fsp3) is 0.562. The molecule has 2 rings (SSSR count). The predicted octanol–water partition coefficient (Wildman–Crippen LogP) is 2.10. The summed E-state index contributed by atoms with van der Waals surface area (Å²) in [6.07, 6.45) is 2.16. The van der Waals surface area contributed by atoms with Gasteiger partial charge in [0.2, 0.25) is 0 Å². The van der Waals surface area contributed by atoms with Crippen LogP contribution in [0.5, 0.6) is 11.5 Å². The lowest BCUT2D eigenvalue weighted by atomic mass is 10.3. The largest absolute Gasteiger partial charge is 0.494 e. The number of hydrogen-bond acceptors (Lipinski definition) is 4. The van der Waals surface area contributed by atoms with E-state index in [9.17, 15) is 4.79 Å². The molecule has 0 aromatic heterocycles. The highest BCUT2D eigenvalue weighted by Crippen LogP contribution is 2.18. The number of rotatable bonds is 7. The van der Waals surface area contributed by atoms with Crippen molar-refractivity contribution in [1.82, 2.24) is 4.90 Å². The van der Waals surface area contributed by atoms with Crippen LogP contribution in [-0.2, 0) is 9.53 Å². The molecule has 0 aliphatic carbocycles. The molecule has 116 valence electrons. The Morgan fingerprint density at radius 1 is 1.14 bits per heavy atom. The molecule has 1 aliphatic rings. The molecule has 0 N–H and O–H groups in total. The zero-order valence-electron chi connectivity index (χ0n) is 12.5. The molecule has 1 aliphatic heterocycles. The molecule has 1 saturated heterocycles. The van der Waals surface area contributed by atoms with Gasteiger partial charge in [0.05, 0.1) is 19.8 Å². The quantitative estimate of drug-likeness (QED) is 0.722. The van der Waals surface area contributed by atoms with Gasteiger partial charge in [0, 0.05) is 13.1 Å². The summed E-state index contributed by atoms with van der Waals surface area (Å²) in [7, 11) is 0. The fourth-order valence-electron chi connectivity index (χ4n) is 2.02. The molecule has 0 saturated carbocycles. The third kappa shape index (κ3) is 5.27. The summed E-state index contributed by atoms with van der Waals surface area (Å²) in [6.45, 7) is 5.43. The third-order valence-electron chi connectivity index (χ3n) is 3.32. The highest BCUT2D eigenvalue weighted by Gasteiger charge is 2.16. The number of amides is 1. The first-order chi connectivity index (χ1) is 10.3. The predicted molar refractivity (Wildman–Crippen MR) is 79.7 cm³/mol. The van der Waals surface area contributed by atoms with E-state index >= 15 is 0 Å². The highest BCUT2D eigenvalue weighted by atomic mass is 16.5.